The summed E-state index contributed by atoms with van der Waals surface area (Å²) in [4.78, 5) is 3.96. The summed E-state index contributed by atoms with van der Waals surface area (Å²) in [6.07, 6.45) is 1.49. The van der Waals surface area contributed by atoms with Crippen LogP contribution in [0, 0.1) is 11.3 Å². The van der Waals surface area contributed by atoms with Crippen LogP contribution in [0.15, 0.2) is 12.3 Å². The Labute approximate surface area is 79.1 Å². The number of ether oxygens (including phenoxy) is 1. The summed E-state index contributed by atoms with van der Waals surface area (Å²) in [7, 11) is 1.56. The van der Waals surface area contributed by atoms with Crippen LogP contribution in [0.4, 0.5) is 0 Å². The van der Waals surface area contributed by atoms with Gasteiger partial charge in [-0.3, -0.25) is 0 Å². The molecule has 0 fully saturated rings. The molecular formula is C8H7BrN2O. The summed E-state index contributed by atoms with van der Waals surface area (Å²) in [6.45, 7) is 0. The van der Waals surface area contributed by atoms with Crippen LogP contribution in [0.2, 0.25) is 0 Å². The number of hydrogen-bond donors (Lipinski definition) is 0. The Bertz CT molecular complexity index is 319. The van der Waals surface area contributed by atoms with Gasteiger partial charge < -0.3 is 4.74 Å². The highest BCUT2D eigenvalue weighted by molar-refractivity contribution is 9.08. The van der Waals surface area contributed by atoms with Gasteiger partial charge in [-0.15, -0.1) is 0 Å². The third-order valence-corrected chi connectivity index (χ3v) is 2.00. The molecule has 0 atom stereocenters. The number of hydrogen-bond acceptors (Lipinski definition) is 3. The van der Waals surface area contributed by atoms with Crippen molar-refractivity contribution in [1.82, 2.24) is 4.98 Å². The molecular weight excluding hydrogens is 220 g/mol. The Kier molecular flexibility index (Phi) is 3.06. The molecule has 0 aromatic carbocycles. The Morgan fingerprint density at radius 1 is 1.75 bits per heavy atom. The molecule has 12 heavy (non-hydrogen) atoms. The van der Waals surface area contributed by atoms with Crippen LogP contribution in [0.3, 0.4) is 0 Å². The van der Waals surface area contributed by atoms with Gasteiger partial charge in [-0.25, -0.2) is 4.98 Å². The van der Waals surface area contributed by atoms with Gasteiger partial charge in [0.05, 0.1) is 12.7 Å². The average Bonchev–Trinajstić information content (AvgIpc) is 2.16. The molecule has 0 aliphatic rings. The highest BCUT2D eigenvalue weighted by Gasteiger charge is 2.03. The first-order valence-electron chi connectivity index (χ1n) is 3.30. The molecule has 1 rings (SSSR count). The van der Waals surface area contributed by atoms with Gasteiger partial charge in [0.2, 0.25) is 5.88 Å². The zero-order valence-corrected chi connectivity index (χ0v) is 8.13. The van der Waals surface area contributed by atoms with Crippen molar-refractivity contribution in [3.05, 3.63) is 23.4 Å². The molecule has 1 aromatic rings. The second-order valence-electron chi connectivity index (χ2n) is 2.14. The van der Waals surface area contributed by atoms with Gasteiger partial charge in [0.1, 0.15) is 6.07 Å². The van der Waals surface area contributed by atoms with E-state index in [1.807, 2.05) is 6.07 Å². The summed E-state index contributed by atoms with van der Waals surface area (Å²) >= 11 is 3.28. The van der Waals surface area contributed by atoms with Crippen molar-refractivity contribution in [2.24, 2.45) is 0 Å². The van der Waals surface area contributed by atoms with Crippen molar-refractivity contribution >= 4 is 15.9 Å². The van der Waals surface area contributed by atoms with Crippen molar-refractivity contribution in [3.8, 4) is 11.9 Å². The van der Waals surface area contributed by atoms with Crippen molar-refractivity contribution in [3.63, 3.8) is 0 Å². The minimum atomic E-state index is 0.547. The fourth-order valence-electron chi connectivity index (χ4n) is 0.838. The van der Waals surface area contributed by atoms with Gasteiger partial charge in [0.15, 0.2) is 0 Å². The van der Waals surface area contributed by atoms with E-state index in [1.165, 1.54) is 6.20 Å². The molecule has 0 aliphatic heterocycles. The van der Waals surface area contributed by atoms with Gasteiger partial charge in [0.25, 0.3) is 0 Å². The molecule has 0 bridgehead atoms. The van der Waals surface area contributed by atoms with Crippen LogP contribution >= 0.6 is 15.9 Å². The summed E-state index contributed by atoms with van der Waals surface area (Å²) in [5.41, 5.74) is 1.43. The Morgan fingerprint density at radius 3 is 3.00 bits per heavy atom. The first-order chi connectivity index (χ1) is 5.81. The first-order valence-corrected chi connectivity index (χ1v) is 4.43. The van der Waals surface area contributed by atoms with Crippen molar-refractivity contribution in [1.29, 1.82) is 5.26 Å². The van der Waals surface area contributed by atoms with Gasteiger partial charge in [0, 0.05) is 17.1 Å². The third-order valence-electron chi connectivity index (χ3n) is 1.39. The number of nitrogens with zero attached hydrogens (tertiary/aromatic N) is 2. The lowest BCUT2D eigenvalue weighted by Crippen LogP contribution is -1.93. The lowest BCUT2D eigenvalue weighted by atomic mass is 10.2. The highest BCUT2D eigenvalue weighted by Crippen LogP contribution is 2.18. The normalized spacial score (nSPS) is 9.08. The molecule has 0 amide bonds. The quantitative estimate of drug-likeness (QED) is 0.724. The monoisotopic (exact) mass is 226 g/mol. The number of halogens is 1. The van der Waals surface area contributed by atoms with E-state index in [4.69, 9.17) is 10.00 Å². The number of aromatic nitrogens is 1. The summed E-state index contributed by atoms with van der Waals surface area (Å²) in [5, 5.41) is 9.21. The van der Waals surface area contributed by atoms with Crippen LogP contribution in [-0.4, -0.2) is 12.1 Å². The van der Waals surface area contributed by atoms with Crippen molar-refractivity contribution in [2.75, 3.05) is 7.11 Å². The smallest absolute Gasteiger partial charge is 0.217 e. The summed E-state index contributed by atoms with van der Waals surface area (Å²) in [6, 6.07) is 3.76. The van der Waals surface area contributed by atoms with E-state index >= 15 is 0 Å². The Hall–Kier alpha value is -1.08. The van der Waals surface area contributed by atoms with Crippen LogP contribution in [0.1, 0.15) is 11.1 Å². The van der Waals surface area contributed by atoms with Gasteiger partial charge in [-0.2, -0.15) is 5.26 Å². The molecule has 0 aliphatic carbocycles. The highest BCUT2D eigenvalue weighted by atomic mass is 79.9. The number of rotatable bonds is 2. The van der Waals surface area contributed by atoms with Crippen LogP contribution in [-0.2, 0) is 5.33 Å². The fourth-order valence-corrected chi connectivity index (χ4v) is 1.24. The fraction of sp³-hybridized carbons (Fsp3) is 0.250. The molecule has 4 heteroatoms. The topological polar surface area (TPSA) is 45.9 Å². The van der Waals surface area contributed by atoms with Crippen molar-refractivity contribution < 1.29 is 4.74 Å². The second kappa shape index (κ2) is 4.07. The van der Waals surface area contributed by atoms with Crippen LogP contribution in [0.25, 0.3) is 0 Å². The Balaban J connectivity index is 3.13. The molecule has 0 saturated carbocycles. The molecule has 0 spiro atoms. The zero-order valence-electron chi connectivity index (χ0n) is 6.54. The number of alkyl halides is 1. The van der Waals surface area contributed by atoms with E-state index in [0.717, 1.165) is 5.56 Å². The summed E-state index contributed by atoms with van der Waals surface area (Å²) < 4.78 is 4.99. The predicted molar refractivity (Wildman–Crippen MR) is 48.1 cm³/mol. The van der Waals surface area contributed by atoms with E-state index in [1.54, 1.807) is 13.2 Å². The molecule has 3 nitrogen and oxygen atoms in total. The van der Waals surface area contributed by atoms with E-state index in [2.05, 4.69) is 20.9 Å². The number of nitriles is 1. The average molecular weight is 227 g/mol. The van der Waals surface area contributed by atoms with E-state index < -0.39 is 0 Å². The molecule has 0 saturated heterocycles. The summed E-state index contributed by atoms with van der Waals surface area (Å²) in [5.74, 6) is 0.561. The Morgan fingerprint density at radius 2 is 2.50 bits per heavy atom. The molecule has 1 aromatic heterocycles. The lowest BCUT2D eigenvalue weighted by molar-refractivity contribution is 0.394. The second-order valence-corrected chi connectivity index (χ2v) is 2.70. The van der Waals surface area contributed by atoms with Gasteiger partial charge >= 0.3 is 0 Å². The number of methoxy groups -OCH3 is 1. The molecule has 62 valence electrons. The van der Waals surface area contributed by atoms with Gasteiger partial charge in [-0.1, -0.05) is 15.9 Å². The van der Waals surface area contributed by atoms with Crippen LogP contribution in [0.5, 0.6) is 5.88 Å². The zero-order chi connectivity index (χ0) is 8.97. The maximum absolute atomic E-state index is 8.58. The van der Waals surface area contributed by atoms with Gasteiger partial charge in [-0.05, 0) is 6.07 Å². The first kappa shape index (κ1) is 9.01. The predicted octanol–water partition coefficient (Wildman–Crippen LogP) is 1.86. The van der Waals surface area contributed by atoms with Crippen molar-refractivity contribution in [2.45, 2.75) is 5.33 Å². The van der Waals surface area contributed by atoms with E-state index in [9.17, 15) is 0 Å². The SMILES string of the molecule is COc1ncc(C#N)cc1CBr. The largest absolute Gasteiger partial charge is 0.481 e. The van der Waals surface area contributed by atoms with E-state index in [-0.39, 0.29) is 0 Å². The molecule has 1 heterocycles. The lowest BCUT2D eigenvalue weighted by Gasteiger charge is -2.03. The van der Waals surface area contributed by atoms with Crippen LogP contribution < -0.4 is 4.74 Å². The number of pyridine rings is 1. The minimum absolute atomic E-state index is 0.547. The third kappa shape index (κ3) is 1.74. The maximum atomic E-state index is 8.58. The standard InChI is InChI=1S/C8H7BrN2O/c1-12-8-7(3-9)2-6(4-10)5-11-8/h2,5H,3H2,1H3. The minimum Gasteiger partial charge on any atom is -0.481 e. The molecule has 0 radical (unpaired) electrons. The maximum Gasteiger partial charge on any atom is 0.217 e. The molecule has 0 N–H and O–H groups in total. The molecule has 0 unspecified atom stereocenters. The van der Waals surface area contributed by atoms with E-state index in [0.29, 0.717) is 16.8 Å².